The van der Waals surface area contributed by atoms with Gasteiger partial charge in [0.05, 0.1) is 18.8 Å². The second-order valence-electron chi connectivity index (χ2n) is 7.51. The van der Waals surface area contributed by atoms with Crippen molar-refractivity contribution in [2.45, 2.75) is 65.1 Å². The van der Waals surface area contributed by atoms with Gasteiger partial charge in [0.25, 0.3) is 0 Å². The number of rotatable bonds is 5. The Bertz CT molecular complexity index is 465. The number of hydrogen-bond acceptors (Lipinski definition) is 5. The highest BCUT2D eigenvalue weighted by molar-refractivity contribution is 5.06. The number of nitrogens with zero attached hydrogens (tertiary/aromatic N) is 3. The fourth-order valence-corrected chi connectivity index (χ4v) is 2.99. The van der Waals surface area contributed by atoms with Crippen LogP contribution in [0.5, 0.6) is 0 Å². The standard InChI is InChI=1S/C17H31N3O2/c1-6-14-11-19(7-8-20(14)10-13(2)21)12-16-18-9-15(22-16)17(3,4)5/h9,13-14,21H,6-8,10-12H2,1-5H3/t13-,14+/m1/s1. The first-order chi connectivity index (χ1) is 10.3. The van der Waals surface area contributed by atoms with Crippen molar-refractivity contribution in [1.82, 2.24) is 14.8 Å². The van der Waals surface area contributed by atoms with Crippen LogP contribution in [0.15, 0.2) is 10.6 Å². The van der Waals surface area contributed by atoms with Gasteiger partial charge in [-0.25, -0.2) is 4.98 Å². The summed E-state index contributed by atoms with van der Waals surface area (Å²) in [7, 11) is 0. The van der Waals surface area contributed by atoms with E-state index in [4.69, 9.17) is 4.42 Å². The summed E-state index contributed by atoms with van der Waals surface area (Å²) < 4.78 is 5.90. The zero-order valence-electron chi connectivity index (χ0n) is 14.7. The molecule has 5 nitrogen and oxygen atoms in total. The van der Waals surface area contributed by atoms with Gasteiger partial charge < -0.3 is 9.52 Å². The Hall–Kier alpha value is -0.910. The monoisotopic (exact) mass is 309 g/mol. The Morgan fingerprint density at radius 1 is 1.41 bits per heavy atom. The average molecular weight is 309 g/mol. The summed E-state index contributed by atoms with van der Waals surface area (Å²) in [6, 6.07) is 0.500. The minimum Gasteiger partial charge on any atom is -0.444 e. The second-order valence-corrected chi connectivity index (χ2v) is 7.51. The molecule has 1 saturated heterocycles. The Balaban J connectivity index is 1.93. The molecule has 0 aliphatic carbocycles. The Kier molecular flexibility index (Phi) is 5.64. The molecule has 5 heteroatoms. The lowest BCUT2D eigenvalue weighted by Crippen LogP contribution is -2.54. The third-order valence-corrected chi connectivity index (χ3v) is 4.31. The quantitative estimate of drug-likeness (QED) is 0.904. The zero-order valence-corrected chi connectivity index (χ0v) is 14.7. The van der Waals surface area contributed by atoms with Crippen LogP contribution in [0.3, 0.4) is 0 Å². The maximum Gasteiger partial charge on any atom is 0.208 e. The Labute approximate surface area is 134 Å². The van der Waals surface area contributed by atoms with Crippen LogP contribution in [0.4, 0.5) is 0 Å². The number of aliphatic hydroxyl groups excluding tert-OH is 1. The molecule has 126 valence electrons. The first-order valence-electron chi connectivity index (χ1n) is 8.39. The molecule has 0 bridgehead atoms. The van der Waals surface area contributed by atoms with Crippen LogP contribution < -0.4 is 0 Å². The molecule has 1 aromatic rings. The normalized spacial score (nSPS) is 22.9. The summed E-state index contributed by atoms with van der Waals surface area (Å²) in [5.41, 5.74) is 0.00711. The third-order valence-electron chi connectivity index (χ3n) is 4.31. The molecule has 0 spiro atoms. The molecular formula is C17H31N3O2. The summed E-state index contributed by atoms with van der Waals surface area (Å²) in [5.74, 6) is 1.76. The van der Waals surface area contributed by atoms with Gasteiger partial charge in [0, 0.05) is 37.6 Å². The predicted octanol–water partition coefficient (Wildman–Crippen LogP) is 2.25. The van der Waals surface area contributed by atoms with E-state index in [9.17, 15) is 5.11 Å². The molecular weight excluding hydrogens is 278 g/mol. The van der Waals surface area contributed by atoms with Gasteiger partial charge in [-0.1, -0.05) is 27.7 Å². The maximum absolute atomic E-state index is 9.62. The number of β-amino-alcohol motifs (C(OH)–C–C–N with tert-alkyl or cyclic N) is 1. The van der Waals surface area contributed by atoms with Crippen molar-refractivity contribution in [2.24, 2.45) is 0 Å². The number of hydrogen-bond donors (Lipinski definition) is 1. The number of oxazole rings is 1. The van der Waals surface area contributed by atoms with Crippen molar-refractivity contribution in [2.75, 3.05) is 26.2 Å². The van der Waals surface area contributed by atoms with Gasteiger partial charge in [-0.2, -0.15) is 0 Å². The molecule has 1 N–H and O–H groups in total. The third kappa shape index (κ3) is 4.54. The molecule has 1 aromatic heterocycles. The lowest BCUT2D eigenvalue weighted by Gasteiger charge is -2.41. The molecule has 0 aromatic carbocycles. The fraction of sp³-hybridized carbons (Fsp3) is 0.824. The molecule has 2 rings (SSSR count). The molecule has 1 aliphatic heterocycles. The zero-order chi connectivity index (χ0) is 16.3. The van der Waals surface area contributed by atoms with Crippen LogP contribution in [0.2, 0.25) is 0 Å². The summed E-state index contributed by atoms with van der Waals surface area (Å²) in [4.78, 5) is 9.24. The molecule has 0 radical (unpaired) electrons. The number of aromatic nitrogens is 1. The lowest BCUT2D eigenvalue weighted by atomic mass is 9.94. The highest BCUT2D eigenvalue weighted by Crippen LogP contribution is 2.23. The van der Waals surface area contributed by atoms with E-state index in [2.05, 4.69) is 42.5 Å². The van der Waals surface area contributed by atoms with E-state index in [1.54, 1.807) is 0 Å². The van der Waals surface area contributed by atoms with Gasteiger partial charge in [0.2, 0.25) is 5.89 Å². The van der Waals surface area contributed by atoms with Crippen molar-refractivity contribution in [1.29, 1.82) is 0 Å². The van der Waals surface area contributed by atoms with Crippen LogP contribution in [-0.2, 0) is 12.0 Å². The van der Waals surface area contributed by atoms with Gasteiger partial charge in [-0.15, -0.1) is 0 Å². The number of piperazine rings is 1. The van der Waals surface area contributed by atoms with Crippen molar-refractivity contribution in [3.8, 4) is 0 Å². The molecule has 2 heterocycles. The minimum atomic E-state index is -0.262. The predicted molar refractivity (Wildman–Crippen MR) is 87.8 cm³/mol. The van der Waals surface area contributed by atoms with E-state index in [0.717, 1.165) is 50.8 Å². The van der Waals surface area contributed by atoms with E-state index < -0.39 is 0 Å². The van der Waals surface area contributed by atoms with Crippen molar-refractivity contribution in [3.63, 3.8) is 0 Å². The van der Waals surface area contributed by atoms with Crippen LogP contribution in [0.1, 0.15) is 52.7 Å². The summed E-state index contributed by atoms with van der Waals surface area (Å²) in [6.45, 7) is 15.0. The average Bonchev–Trinajstić information content (AvgIpc) is 2.88. The van der Waals surface area contributed by atoms with E-state index >= 15 is 0 Å². The van der Waals surface area contributed by atoms with E-state index in [-0.39, 0.29) is 11.5 Å². The van der Waals surface area contributed by atoms with Crippen LogP contribution >= 0.6 is 0 Å². The second kappa shape index (κ2) is 7.11. The first kappa shape index (κ1) is 17.4. The van der Waals surface area contributed by atoms with Crippen LogP contribution in [0, 0.1) is 0 Å². The molecule has 0 unspecified atom stereocenters. The lowest BCUT2D eigenvalue weighted by molar-refractivity contribution is 0.0307. The van der Waals surface area contributed by atoms with Crippen molar-refractivity contribution < 1.29 is 9.52 Å². The van der Waals surface area contributed by atoms with Gasteiger partial charge >= 0.3 is 0 Å². The molecule has 2 atom stereocenters. The molecule has 22 heavy (non-hydrogen) atoms. The molecule has 0 amide bonds. The first-order valence-corrected chi connectivity index (χ1v) is 8.39. The summed E-state index contributed by atoms with van der Waals surface area (Å²) in [5, 5.41) is 9.62. The Morgan fingerprint density at radius 3 is 2.68 bits per heavy atom. The molecule has 1 aliphatic rings. The Morgan fingerprint density at radius 2 is 2.14 bits per heavy atom. The van der Waals surface area contributed by atoms with Crippen molar-refractivity contribution >= 4 is 0 Å². The summed E-state index contributed by atoms with van der Waals surface area (Å²) >= 11 is 0. The van der Waals surface area contributed by atoms with Crippen molar-refractivity contribution in [3.05, 3.63) is 17.8 Å². The van der Waals surface area contributed by atoms with E-state index in [1.807, 2.05) is 13.1 Å². The van der Waals surface area contributed by atoms with Gasteiger partial charge in [0.1, 0.15) is 5.76 Å². The van der Waals surface area contributed by atoms with Gasteiger partial charge in [-0.05, 0) is 13.3 Å². The number of aliphatic hydroxyl groups is 1. The largest absolute Gasteiger partial charge is 0.444 e. The molecule has 0 saturated carbocycles. The maximum atomic E-state index is 9.62. The molecule has 1 fully saturated rings. The summed E-state index contributed by atoms with van der Waals surface area (Å²) in [6.07, 6.45) is 2.69. The van der Waals surface area contributed by atoms with Gasteiger partial charge in [-0.3, -0.25) is 9.80 Å². The minimum absolute atomic E-state index is 0.00711. The highest BCUT2D eigenvalue weighted by atomic mass is 16.4. The smallest absolute Gasteiger partial charge is 0.208 e. The van der Waals surface area contributed by atoms with E-state index in [1.165, 1.54) is 0 Å². The highest BCUT2D eigenvalue weighted by Gasteiger charge is 2.27. The fourth-order valence-electron chi connectivity index (χ4n) is 2.99. The SMILES string of the molecule is CC[C@H]1CN(Cc2ncc(C(C)(C)C)o2)CCN1C[C@@H](C)O. The van der Waals surface area contributed by atoms with E-state index in [0.29, 0.717) is 6.04 Å². The topological polar surface area (TPSA) is 52.7 Å². The van der Waals surface area contributed by atoms with Gasteiger partial charge in [0.15, 0.2) is 0 Å². The van der Waals surface area contributed by atoms with Crippen LogP contribution in [-0.4, -0.2) is 58.2 Å². The van der Waals surface area contributed by atoms with Crippen LogP contribution in [0.25, 0.3) is 0 Å².